The number of hydrogen-bond acceptors (Lipinski definition) is 2. The lowest BCUT2D eigenvalue weighted by Gasteiger charge is -2.47. The highest BCUT2D eigenvalue weighted by Crippen LogP contribution is 2.44. The van der Waals surface area contributed by atoms with Crippen LogP contribution in [0.2, 0.25) is 0 Å². The first-order valence-corrected chi connectivity index (χ1v) is 7.19. The van der Waals surface area contributed by atoms with Crippen LogP contribution in [0.1, 0.15) is 60.3 Å². The average molecular weight is 242 g/mol. The van der Waals surface area contributed by atoms with Gasteiger partial charge in [0.1, 0.15) is 0 Å². The Morgan fingerprint density at radius 2 is 1.94 bits per heavy atom. The Balaban J connectivity index is 2.53. The molecule has 4 atom stereocenters. The molecule has 0 spiro atoms. The van der Waals surface area contributed by atoms with Crippen LogP contribution in [0.15, 0.2) is 0 Å². The molecule has 0 radical (unpaired) electrons. The van der Waals surface area contributed by atoms with Gasteiger partial charge < -0.3 is 9.84 Å². The lowest BCUT2D eigenvalue weighted by Crippen LogP contribution is -2.46. The van der Waals surface area contributed by atoms with Crippen molar-refractivity contribution in [3.8, 4) is 0 Å². The molecule has 0 amide bonds. The van der Waals surface area contributed by atoms with E-state index in [0.717, 1.165) is 12.8 Å². The number of ether oxygens (including phenoxy) is 1. The topological polar surface area (TPSA) is 29.5 Å². The molecule has 2 nitrogen and oxygen atoms in total. The molecule has 1 aliphatic rings. The van der Waals surface area contributed by atoms with Gasteiger partial charge in [0, 0.05) is 0 Å². The van der Waals surface area contributed by atoms with Crippen LogP contribution in [0.5, 0.6) is 0 Å². The predicted octanol–water partition coefficient (Wildman–Crippen LogP) is 3.62. The Bertz CT molecular complexity index is 225. The SMILES string of the molecule is CCC[C@H](O)CO[C@H]1[C@H](C)CC[C@@H](C)C1(C)C. The van der Waals surface area contributed by atoms with E-state index in [1.54, 1.807) is 0 Å². The van der Waals surface area contributed by atoms with Crippen LogP contribution >= 0.6 is 0 Å². The van der Waals surface area contributed by atoms with Crippen LogP contribution in [0, 0.1) is 17.3 Å². The highest BCUT2D eigenvalue weighted by molar-refractivity contribution is 4.91. The van der Waals surface area contributed by atoms with Crippen LogP contribution in [0.25, 0.3) is 0 Å². The molecule has 0 aromatic rings. The molecule has 1 fully saturated rings. The van der Waals surface area contributed by atoms with Crippen molar-refractivity contribution in [1.82, 2.24) is 0 Å². The van der Waals surface area contributed by atoms with Crippen molar-refractivity contribution in [3.05, 3.63) is 0 Å². The first-order valence-electron chi connectivity index (χ1n) is 7.19. The molecule has 1 rings (SSSR count). The van der Waals surface area contributed by atoms with Crippen LogP contribution < -0.4 is 0 Å². The summed E-state index contributed by atoms with van der Waals surface area (Å²) in [5.41, 5.74) is 0.226. The second-order valence-electron chi connectivity index (χ2n) is 6.47. The van der Waals surface area contributed by atoms with E-state index < -0.39 is 0 Å². The lowest BCUT2D eigenvalue weighted by molar-refractivity contribution is -0.123. The average Bonchev–Trinajstić information content (AvgIpc) is 2.24. The number of aliphatic hydroxyl groups excluding tert-OH is 1. The zero-order valence-electron chi connectivity index (χ0n) is 12.2. The van der Waals surface area contributed by atoms with Gasteiger partial charge in [-0.3, -0.25) is 0 Å². The first-order chi connectivity index (χ1) is 7.89. The van der Waals surface area contributed by atoms with Crippen LogP contribution in [-0.4, -0.2) is 23.9 Å². The molecule has 102 valence electrons. The third-order valence-electron chi connectivity index (χ3n) is 4.67. The molecule has 17 heavy (non-hydrogen) atoms. The molecule has 0 aliphatic heterocycles. The molecular weight excluding hydrogens is 212 g/mol. The van der Waals surface area contributed by atoms with Gasteiger partial charge in [0.2, 0.25) is 0 Å². The zero-order valence-corrected chi connectivity index (χ0v) is 12.2. The summed E-state index contributed by atoms with van der Waals surface area (Å²) in [4.78, 5) is 0. The van der Waals surface area contributed by atoms with Gasteiger partial charge in [0.25, 0.3) is 0 Å². The first kappa shape index (κ1) is 15.0. The Hall–Kier alpha value is -0.0800. The number of rotatable bonds is 5. The molecule has 0 unspecified atom stereocenters. The van der Waals surface area contributed by atoms with Crippen LogP contribution in [0.3, 0.4) is 0 Å². The van der Waals surface area contributed by atoms with Gasteiger partial charge in [-0.1, -0.05) is 41.0 Å². The maximum atomic E-state index is 9.78. The van der Waals surface area contributed by atoms with E-state index in [4.69, 9.17) is 4.74 Å². The van der Waals surface area contributed by atoms with Crippen LogP contribution in [-0.2, 0) is 4.74 Å². The zero-order chi connectivity index (χ0) is 13.1. The Kier molecular flexibility index (Phi) is 5.46. The normalized spacial score (nSPS) is 34.6. The molecule has 0 saturated heterocycles. The summed E-state index contributed by atoms with van der Waals surface area (Å²) < 4.78 is 6.05. The van der Waals surface area contributed by atoms with Gasteiger partial charge in [-0.25, -0.2) is 0 Å². The van der Waals surface area contributed by atoms with Crippen molar-refractivity contribution in [1.29, 1.82) is 0 Å². The van der Waals surface area contributed by atoms with E-state index in [9.17, 15) is 5.11 Å². The molecule has 0 aromatic heterocycles. The summed E-state index contributed by atoms with van der Waals surface area (Å²) >= 11 is 0. The van der Waals surface area contributed by atoms with Gasteiger partial charge in [0.05, 0.1) is 18.8 Å². The fourth-order valence-corrected chi connectivity index (χ4v) is 3.06. The van der Waals surface area contributed by atoms with E-state index in [-0.39, 0.29) is 17.6 Å². The maximum absolute atomic E-state index is 9.78. The van der Waals surface area contributed by atoms with E-state index in [2.05, 4.69) is 34.6 Å². The summed E-state index contributed by atoms with van der Waals surface area (Å²) in [6.45, 7) is 11.8. The summed E-state index contributed by atoms with van der Waals surface area (Å²) in [6.07, 6.45) is 4.41. The third kappa shape index (κ3) is 3.69. The van der Waals surface area contributed by atoms with Gasteiger partial charge in [-0.2, -0.15) is 0 Å². The minimum atomic E-state index is -0.291. The van der Waals surface area contributed by atoms with Gasteiger partial charge in [0.15, 0.2) is 0 Å². The van der Waals surface area contributed by atoms with E-state index >= 15 is 0 Å². The van der Waals surface area contributed by atoms with E-state index in [1.807, 2.05) is 0 Å². The highest BCUT2D eigenvalue weighted by atomic mass is 16.5. The molecular formula is C15H30O2. The monoisotopic (exact) mass is 242 g/mol. The van der Waals surface area contributed by atoms with Crippen molar-refractivity contribution in [3.63, 3.8) is 0 Å². The minimum absolute atomic E-state index is 0.226. The predicted molar refractivity (Wildman–Crippen MR) is 72.0 cm³/mol. The van der Waals surface area contributed by atoms with E-state index in [1.165, 1.54) is 12.8 Å². The van der Waals surface area contributed by atoms with Crippen LogP contribution in [0.4, 0.5) is 0 Å². The number of aliphatic hydroxyl groups is 1. The van der Waals surface area contributed by atoms with Gasteiger partial charge >= 0.3 is 0 Å². The second-order valence-corrected chi connectivity index (χ2v) is 6.47. The van der Waals surface area contributed by atoms with Crippen molar-refractivity contribution in [2.75, 3.05) is 6.61 Å². The Morgan fingerprint density at radius 1 is 1.29 bits per heavy atom. The Labute approximate surface area is 107 Å². The molecule has 2 heteroatoms. The number of hydrogen-bond donors (Lipinski definition) is 1. The van der Waals surface area contributed by atoms with Gasteiger partial charge in [-0.15, -0.1) is 0 Å². The molecule has 1 N–H and O–H groups in total. The highest BCUT2D eigenvalue weighted by Gasteiger charge is 2.42. The van der Waals surface area contributed by atoms with Crippen molar-refractivity contribution in [2.24, 2.45) is 17.3 Å². The quantitative estimate of drug-likeness (QED) is 0.798. The van der Waals surface area contributed by atoms with Gasteiger partial charge in [-0.05, 0) is 36.5 Å². The third-order valence-corrected chi connectivity index (χ3v) is 4.67. The molecule has 1 saturated carbocycles. The summed E-state index contributed by atoms with van der Waals surface area (Å²) in [7, 11) is 0. The molecule has 0 aromatic carbocycles. The van der Waals surface area contributed by atoms with Crippen molar-refractivity contribution in [2.45, 2.75) is 72.5 Å². The summed E-state index contributed by atoms with van der Waals surface area (Å²) in [5, 5.41) is 9.78. The smallest absolute Gasteiger partial charge is 0.0773 e. The fraction of sp³-hybridized carbons (Fsp3) is 1.00. The largest absolute Gasteiger partial charge is 0.391 e. The van der Waals surface area contributed by atoms with E-state index in [0.29, 0.717) is 18.4 Å². The molecule has 0 heterocycles. The summed E-state index contributed by atoms with van der Waals surface area (Å²) in [6, 6.07) is 0. The fourth-order valence-electron chi connectivity index (χ4n) is 3.06. The standard InChI is InChI=1S/C15H30O2/c1-6-7-13(16)10-17-14-11(2)8-9-12(3)15(14,4)5/h11-14,16H,6-10H2,1-5H3/t11-,12-,13+,14+/m1/s1. The lowest BCUT2D eigenvalue weighted by atomic mass is 9.64. The van der Waals surface area contributed by atoms with Crippen molar-refractivity contribution < 1.29 is 9.84 Å². The molecule has 1 aliphatic carbocycles. The minimum Gasteiger partial charge on any atom is -0.391 e. The maximum Gasteiger partial charge on any atom is 0.0773 e. The Morgan fingerprint density at radius 3 is 2.53 bits per heavy atom. The van der Waals surface area contributed by atoms with Crippen molar-refractivity contribution >= 4 is 0 Å². The second kappa shape index (κ2) is 6.19. The molecule has 0 bridgehead atoms. The summed E-state index contributed by atoms with van der Waals surface area (Å²) in [5.74, 6) is 1.31.